The van der Waals surface area contributed by atoms with Gasteiger partial charge in [-0.2, -0.15) is 5.26 Å². The number of quaternary nitrogens is 1. The van der Waals surface area contributed by atoms with E-state index in [1.807, 2.05) is 36.5 Å². The molecule has 2 amide bonds. The number of fused-ring (bicyclic) bond motifs is 5. The predicted octanol–water partition coefficient (Wildman–Crippen LogP) is 1.96. The number of amides is 2. The monoisotopic (exact) mass is 376 g/mol. The van der Waals surface area contributed by atoms with Gasteiger partial charge >= 0.3 is 0 Å². The summed E-state index contributed by atoms with van der Waals surface area (Å²) >= 11 is 5.94. The lowest BCUT2D eigenvalue weighted by Crippen LogP contribution is -3.10. The largest absolute Gasteiger partial charge is 0.287 e. The van der Waals surface area contributed by atoms with Crippen LogP contribution in [0.4, 0.5) is 5.69 Å². The van der Waals surface area contributed by atoms with E-state index in [1.54, 1.807) is 24.3 Å². The van der Waals surface area contributed by atoms with Gasteiger partial charge in [0.2, 0.25) is 11.8 Å². The fraction of sp³-hybridized carbons (Fsp3) is 0.190. The van der Waals surface area contributed by atoms with Crippen LogP contribution < -0.4 is 9.80 Å². The molecule has 5 atom stereocenters. The van der Waals surface area contributed by atoms with E-state index in [2.05, 4.69) is 6.07 Å². The summed E-state index contributed by atoms with van der Waals surface area (Å²) < 4.78 is 0. The number of carbonyl (C=O) groups is 2. The number of hydrogen-bond donors (Lipinski definition) is 1. The molecule has 2 saturated heterocycles. The van der Waals surface area contributed by atoms with Crippen LogP contribution in [0.15, 0.2) is 54.7 Å². The quantitative estimate of drug-likeness (QED) is 0.774. The van der Waals surface area contributed by atoms with E-state index >= 15 is 0 Å². The van der Waals surface area contributed by atoms with E-state index in [9.17, 15) is 14.9 Å². The van der Waals surface area contributed by atoms with Gasteiger partial charge in [0.25, 0.3) is 0 Å². The molecule has 5 rings (SSSR count). The molecule has 2 aromatic rings. The minimum Gasteiger partial charge on any atom is -0.287 e. The minimum absolute atomic E-state index is 0.227. The Bertz CT molecular complexity index is 1040. The smallest absolute Gasteiger partial charge is 0.245 e. The molecule has 1 N–H and O–H groups in total. The van der Waals surface area contributed by atoms with E-state index in [1.165, 1.54) is 4.90 Å². The van der Waals surface area contributed by atoms with Crippen LogP contribution in [0.25, 0.3) is 6.08 Å². The molecular formula is C21H15ClN3O2+. The lowest BCUT2D eigenvalue weighted by Gasteiger charge is -2.28. The summed E-state index contributed by atoms with van der Waals surface area (Å²) in [6.45, 7) is 0. The third kappa shape index (κ3) is 2.14. The van der Waals surface area contributed by atoms with Crippen LogP contribution in [0.2, 0.25) is 5.02 Å². The maximum Gasteiger partial charge on any atom is 0.245 e. The van der Waals surface area contributed by atoms with Crippen molar-refractivity contribution in [3.05, 3.63) is 70.9 Å². The van der Waals surface area contributed by atoms with Crippen molar-refractivity contribution in [3.63, 3.8) is 0 Å². The molecule has 6 heteroatoms. The molecule has 3 aliphatic rings. The van der Waals surface area contributed by atoms with E-state index in [0.29, 0.717) is 10.7 Å². The minimum atomic E-state index is -0.644. The van der Waals surface area contributed by atoms with Crippen LogP contribution in [0.3, 0.4) is 0 Å². The highest BCUT2D eigenvalue weighted by Crippen LogP contribution is 2.44. The number of nitrogens with one attached hydrogen (secondary N) is 1. The summed E-state index contributed by atoms with van der Waals surface area (Å²) in [6, 6.07) is 16.0. The van der Waals surface area contributed by atoms with Gasteiger partial charge in [0, 0.05) is 10.6 Å². The number of nitriles is 1. The Morgan fingerprint density at radius 3 is 2.44 bits per heavy atom. The van der Waals surface area contributed by atoms with Gasteiger partial charge in [-0.15, -0.1) is 0 Å². The number of rotatable bonds is 1. The van der Waals surface area contributed by atoms with Crippen LogP contribution in [0.1, 0.15) is 17.2 Å². The van der Waals surface area contributed by atoms with Crippen molar-refractivity contribution in [2.24, 2.45) is 11.8 Å². The van der Waals surface area contributed by atoms with E-state index < -0.39 is 17.9 Å². The SMILES string of the molecule is N#C[C@@H]1[C@@H]2C(=O)N(c3ccc(Cl)cc3)C(=O)[C@@H]2[C@H]2c3ccccc3C=C[NH+]12. The number of anilines is 1. The maximum atomic E-state index is 13.3. The fourth-order valence-electron chi connectivity index (χ4n) is 4.73. The first-order valence-corrected chi connectivity index (χ1v) is 9.16. The molecule has 3 heterocycles. The van der Waals surface area contributed by atoms with Gasteiger partial charge in [-0.25, -0.2) is 4.90 Å². The van der Waals surface area contributed by atoms with Crippen molar-refractivity contribution in [1.82, 2.24) is 0 Å². The second-order valence-electron chi connectivity index (χ2n) is 7.09. The van der Waals surface area contributed by atoms with Crippen LogP contribution in [-0.4, -0.2) is 17.9 Å². The van der Waals surface area contributed by atoms with Crippen LogP contribution in [-0.2, 0) is 9.59 Å². The zero-order valence-electron chi connectivity index (χ0n) is 14.2. The van der Waals surface area contributed by atoms with Crippen molar-refractivity contribution in [2.45, 2.75) is 12.1 Å². The Labute approximate surface area is 161 Å². The summed E-state index contributed by atoms with van der Waals surface area (Å²) in [5.41, 5.74) is 2.55. The Hall–Kier alpha value is -2.94. The van der Waals surface area contributed by atoms with E-state index in [0.717, 1.165) is 16.0 Å². The molecular weight excluding hydrogens is 362 g/mol. The zero-order chi connectivity index (χ0) is 18.7. The average Bonchev–Trinajstić information content (AvgIpc) is 3.15. The number of imide groups is 1. The van der Waals surface area contributed by atoms with Gasteiger partial charge in [0.15, 0.2) is 6.04 Å². The number of halogens is 1. The van der Waals surface area contributed by atoms with Crippen LogP contribution in [0.5, 0.6) is 0 Å². The van der Waals surface area contributed by atoms with Crippen LogP contribution >= 0.6 is 11.6 Å². The third-order valence-electron chi connectivity index (χ3n) is 5.84. The second kappa shape index (κ2) is 5.78. The molecule has 5 nitrogen and oxygen atoms in total. The first-order chi connectivity index (χ1) is 13.1. The Balaban J connectivity index is 1.63. The average molecular weight is 377 g/mol. The number of hydrogen-bond acceptors (Lipinski definition) is 3. The molecule has 0 aliphatic carbocycles. The summed E-state index contributed by atoms with van der Waals surface area (Å²) in [4.78, 5) is 28.6. The molecule has 1 unspecified atom stereocenters. The van der Waals surface area contributed by atoms with Crippen molar-refractivity contribution < 1.29 is 14.5 Å². The van der Waals surface area contributed by atoms with Crippen LogP contribution in [0, 0.1) is 23.2 Å². The Morgan fingerprint density at radius 1 is 1.00 bits per heavy atom. The summed E-state index contributed by atoms with van der Waals surface area (Å²) in [6.07, 6.45) is 3.89. The predicted molar refractivity (Wildman–Crippen MR) is 99.5 cm³/mol. The lowest BCUT2D eigenvalue weighted by molar-refractivity contribution is -0.885. The highest BCUT2D eigenvalue weighted by molar-refractivity contribution is 6.30. The molecule has 0 saturated carbocycles. The fourth-order valence-corrected chi connectivity index (χ4v) is 4.86. The summed E-state index contributed by atoms with van der Waals surface area (Å²) in [7, 11) is 0. The highest BCUT2D eigenvalue weighted by Gasteiger charge is 2.66. The van der Waals surface area contributed by atoms with Crippen molar-refractivity contribution in [3.8, 4) is 6.07 Å². The van der Waals surface area contributed by atoms with Crippen molar-refractivity contribution in [1.29, 1.82) is 5.26 Å². The molecule has 132 valence electrons. The number of benzene rings is 2. The normalized spacial score (nSPS) is 30.7. The number of nitrogens with zero attached hydrogens (tertiary/aromatic N) is 2. The first kappa shape index (κ1) is 16.2. The second-order valence-corrected chi connectivity index (χ2v) is 7.52. The highest BCUT2D eigenvalue weighted by atomic mass is 35.5. The molecule has 2 fully saturated rings. The maximum absolute atomic E-state index is 13.3. The van der Waals surface area contributed by atoms with Gasteiger partial charge in [-0.05, 0) is 35.9 Å². The van der Waals surface area contributed by atoms with Crippen molar-refractivity contribution in [2.75, 3.05) is 4.90 Å². The molecule has 3 aliphatic heterocycles. The molecule has 0 bridgehead atoms. The Morgan fingerprint density at radius 2 is 1.70 bits per heavy atom. The van der Waals surface area contributed by atoms with E-state index in [-0.39, 0.29) is 17.9 Å². The molecule has 0 spiro atoms. The summed E-state index contributed by atoms with van der Waals surface area (Å²) in [5.74, 6) is -1.72. The molecule has 0 radical (unpaired) electrons. The van der Waals surface area contributed by atoms with Gasteiger partial charge in [-0.1, -0.05) is 35.9 Å². The summed E-state index contributed by atoms with van der Waals surface area (Å²) in [5, 5.41) is 10.3. The lowest BCUT2D eigenvalue weighted by atomic mass is 9.85. The molecule has 2 aromatic carbocycles. The number of carbonyl (C=O) groups excluding carboxylic acids is 2. The third-order valence-corrected chi connectivity index (χ3v) is 6.10. The van der Waals surface area contributed by atoms with Gasteiger partial charge in [-0.3, -0.25) is 14.5 Å². The first-order valence-electron chi connectivity index (χ1n) is 8.78. The standard InChI is InChI=1S/C21H14ClN3O2/c22-13-5-7-14(8-6-13)25-20(26)17-16(11-23)24-10-9-12-3-1-2-4-15(12)19(24)18(17)21(25)27/h1-10,16-19H/p+1/t16-,17+,18+,19-/m1/s1. The van der Waals surface area contributed by atoms with E-state index in [4.69, 9.17) is 11.6 Å². The van der Waals surface area contributed by atoms with Crippen molar-refractivity contribution >= 4 is 35.2 Å². The molecule has 0 aromatic heterocycles. The van der Waals surface area contributed by atoms with Gasteiger partial charge < -0.3 is 0 Å². The van der Waals surface area contributed by atoms with Gasteiger partial charge in [0.1, 0.15) is 23.9 Å². The van der Waals surface area contributed by atoms with Gasteiger partial charge in [0.05, 0.1) is 11.9 Å². The Kier molecular flexibility index (Phi) is 3.48. The zero-order valence-corrected chi connectivity index (χ0v) is 14.9. The molecule has 27 heavy (non-hydrogen) atoms. The topological polar surface area (TPSA) is 65.6 Å².